The summed E-state index contributed by atoms with van der Waals surface area (Å²) in [6, 6.07) is 0. The molecule has 3 heteroatoms. The SMILES string of the molecule is C#CCN1CCC(=NO)CC1. The van der Waals surface area contributed by atoms with E-state index in [1.54, 1.807) is 0 Å². The fourth-order valence-electron chi connectivity index (χ4n) is 1.20. The number of hydrogen-bond donors (Lipinski definition) is 1. The molecule has 0 bridgehead atoms. The molecule has 0 aromatic heterocycles. The van der Waals surface area contributed by atoms with Gasteiger partial charge in [-0.1, -0.05) is 11.1 Å². The summed E-state index contributed by atoms with van der Waals surface area (Å²) >= 11 is 0. The third-order valence-corrected chi connectivity index (χ3v) is 1.89. The van der Waals surface area contributed by atoms with Gasteiger partial charge in [0.2, 0.25) is 0 Å². The summed E-state index contributed by atoms with van der Waals surface area (Å²) in [6.45, 7) is 2.55. The summed E-state index contributed by atoms with van der Waals surface area (Å²) in [5.41, 5.74) is 0.887. The van der Waals surface area contributed by atoms with Gasteiger partial charge in [0.1, 0.15) is 0 Å². The van der Waals surface area contributed by atoms with Crippen molar-refractivity contribution in [1.82, 2.24) is 4.90 Å². The Hall–Kier alpha value is -1.01. The molecule has 1 aliphatic rings. The van der Waals surface area contributed by atoms with E-state index >= 15 is 0 Å². The smallest absolute Gasteiger partial charge is 0.0599 e. The first kappa shape index (κ1) is 8.09. The minimum atomic E-state index is 0.707. The summed E-state index contributed by atoms with van der Waals surface area (Å²) in [7, 11) is 0. The normalized spacial score (nSPS) is 19.4. The van der Waals surface area contributed by atoms with Gasteiger partial charge >= 0.3 is 0 Å². The van der Waals surface area contributed by atoms with Crippen molar-refractivity contribution < 1.29 is 5.21 Å². The van der Waals surface area contributed by atoms with Crippen LogP contribution in [0.1, 0.15) is 12.8 Å². The van der Waals surface area contributed by atoms with E-state index in [9.17, 15) is 0 Å². The zero-order chi connectivity index (χ0) is 8.10. The van der Waals surface area contributed by atoms with Gasteiger partial charge in [-0.3, -0.25) is 4.90 Å². The van der Waals surface area contributed by atoms with E-state index in [1.807, 2.05) is 0 Å². The van der Waals surface area contributed by atoms with E-state index in [2.05, 4.69) is 16.0 Å². The Balaban J connectivity index is 2.31. The summed E-state index contributed by atoms with van der Waals surface area (Å²) < 4.78 is 0. The van der Waals surface area contributed by atoms with Crippen LogP contribution in [-0.2, 0) is 0 Å². The predicted octanol–water partition coefficient (Wildman–Crippen LogP) is 0.546. The number of hydrogen-bond acceptors (Lipinski definition) is 3. The molecule has 1 rings (SSSR count). The molecule has 0 aromatic rings. The van der Waals surface area contributed by atoms with Gasteiger partial charge in [-0.15, -0.1) is 6.42 Å². The van der Waals surface area contributed by atoms with Crippen LogP contribution in [0, 0.1) is 12.3 Å². The first-order valence-corrected chi connectivity index (χ1v) is 3.72. The van der Waals surface area contributed by atoms with E-state index in [0.29, 0.717) is 6.54 Å². The van der Waals surface area contributed by atoms with Gasteiger partial charge < -0.3 is 5.21 Å². The van der Waals surface area contributed by atoms with Crippen LogP contribution in [0.5, 0.6) is 0 Å². The summed E-state index contributed by atoms with van der Waals surface area (Å²) in [5, 5.41) is 11.6. The van der Waals surface area contributed by atoms with Crippen molar-refractivity contribution in [2.75, 3.05) is 19.6 Å². The second-order valence-electron chi connectivity index (χ2n) is 2.65. The fourth-order valence-corrected chi connectivity index (χ4v) is 1.20. The van der Waals surface area contributed by atoms with Crippen LogP contribution in [0.4, 0.5) is 0 Å². The third kappa shape index (κ3) is 2.24. The van der Waals surface area contributed by atoms with Gasteiger partial charge in [-0.05, 0) is 0 Å². The lowest BCUT2D eigenvalue weighted by Gasteiger charge is -2.24. The molecule has 0 saturated carbocycles. The molecule has 0 spiro atoms. The Morgan fingerprint density at radius 3 is 2.64 bits per heavy atom. The van der Waals surface area contributed by atoms with Crippen molar-refractivity contribution in [2.24, 2.45) is 5.16 Å². The highest BCUT2D eigenvalue weighted by molar-refractivity contribution is 5.84. The van der Waals surface area contributed by atoms with Crippen molar-refractivity contribution in [3.05, 3.63) is 0 Å². The zero-order valence-corrected chi connectivity index (χ0v) is 6.45. The largest absolute Gasteiger partial charge is 0.411 e. The van der Waals surface area contributed by atoms with Crippen molar-refractivity contribution in [1.29, 1.82) is 0 Å². The Morgan fingerprint density at radius 1 is 1.55 bits per heavy atom. The highest BCUT2D eigenvalue weighted by atomic mass is 16.4. The quantitative estimate of drug-likeness (QED) is 0.338. The van der Waals surface area contributed by atoms with E-state index in [4.69, 9.17) is 11.6 Å². The number of oxime groups is 1. The highest BCUT2D eigenvalue weighted by Crippen LogP contribution is 2.05. The van der Waals surface area contributed by atoms with Crippen LogP contribution >= 0.6 is 0 Å². The molecule has 1 fully saturated rings. The number of terminal acetylenes is 1. The molecule has 1 aliphatic heterocycles. The molecular weight excluding hydrogens is 140 g/mol. The summed E-state index contributed by atoms with van der Waals surface area (Å²) in [5.74, 6) is 2.59. The molecule has 1 heterocycles. The minimum absolute atomic E-state index is 0.707. The van der Waals surface area contributed by atoms with Gasteiger partial charge in [0.15, 0.2) is 0 Å². The number of likely N-dealkylation sites (tertiary alicyclic amines) is 1. The average molecular weight is 152 g/mol. The molecule has 11 heavy (non-hydrogen) atoms. The lowest BCUT2D eigenvalue weighted by molar-refractivity contribution is 0.285. The zero-order valence-electron chi connectivity index (χ0n) is 6.45. The van der Waals surface area contributed by atoms with E-state index in [0.717, 1.165) is 31.6 Å². The summed E-state index contributed by atoms with van der Waals surface area (Å²) in [6.07, 6.45) is 6.85. The monoisotopic (exact) mass is 152 g/mol. The molecule has 0 atom stereocenters. The van der Waals surface area contributed by atoms with Crippen molar-refractivity contribution in [3.8, 4) is 12.3 Å². The van der Waals surface area contributed by atoms with Crippen LogP contribution in [0.15, 0.2) is 5.16 Å². The van der Waals surface area contributed by atoms with Crippen LogP contribution in [0.3, 0.4) is 0 Å². The molecule has 1 N–H and O–H groups in total. The lowest BCUT2D eigenvalue weighted by Crippen LogP contribution is -2.34. The third-order valence-electron chi connectivity index (χ3n) is 1.89. The molecule has 60 valence electrons. The number of nitrogens with zero attached hydrogens (tertiary/aromatic N) is 2. The number of rotatable bonds is 1. The topological polar surface area (TPSA) is 35.8 Å². The lowest BCUT2D eigenvalue weighted by atomic mass is 10.1. The maximum Gasteiger partial charge on any atom is 0.0599 e. The van der Waals surface area contributed by atoms with Crippen molar-refractivity contribution in [3.63, 3.8) is 0 Å². The second-order valence-corrected chi connectivity index (χ2v) is 2.65. The standard InChI is InChI=1S/C8H12N2O/c1-2-5-10-6-3-8(9-11)4-7-10/h1,11H,3-7H2. The van der Waals surface area contributed by atoms with Crippen LogP contribution in [0.25, 0.3) is 0 Å². The Labute approximate surface area is 66.7 Å². The van der Waals surface area contributed by atoms with Gasteiger partial charge in [0.25, 0.3) is 0 Å². The molecule has 0 radical (unpaired) electrons. The average Bonchev–Trinajstić information content (AvgIpc) is 2.07. The molecule has 0 amide bonds. The van der Waals surface area contributed by atoms with E-state index in [-0.39, 0.29) is 0 Å². The Kier molecular flexibility index (Phi) is 2.94. The minimum Gasteiger partial charge on any atom is -0.411 e. The van der Waals surface area contributed by atoms with E-state index < -0.39 is 0 Å². The molecule has 0 aliphatic carbocycles. The van der Waals surface area contributed by atoms with Crippen LogP contribution < -0.4 is 0 Å². The van der Waals surface area contributed by atoms with Crippen molar-refractivity contribution >= 4 is 5.71 Å². The van der Waals surface area contributed by atoms with Gasteiger partial charge in [-0.2, -0.15) is 0 Å². The Morgan fingerprint density at radius 2 is 2.18 bits per heavy atom. The molecule has 0 aromatic carbocycles. The molecule has 0 unspecified atom stereocenters. The second kappa shape index (κ2) is 3.99. The van der Waals surface area contributed by atoms with Crippen LogP contribution in [0.2, 0.25) is 0 Å². The first-order chi connectivity index (χ1) is 5.36. The predicted molar refractivity (Wildman–Crippen MR) is 43.7 cm³/mol. The fraction of sp³-hybridized carbons (Fsp3) is 0.625. The number of piperidine rings is 1. The van der Waals surface area contributed by atoms with Gasteiger partial charge in [0, 0.05) is 25.9 Å². The highest BCUT2D eigenvalue weighted by Gasteiger charge is 2.13. The van der Waals surface area contributed by atoms with Gasteiger partial charge in [0.05, 0.1) is 12.3 Å². The maximum atomic E-state index is 8.44. The molecule has 3 nitrogen and oxygen atoms in total. The molecular formula is C8H12N2O. The maximum absolute atomic E-state index is 8.44. The van der Waals surface area contributed by atoms with Gasteiger partial charge in [-0.25, -0.2) is 0 Å². The molecule has 1 saturated heterocycles. The van der Waals surface area contributed by atoms with Crippen LogP contribution in [-0.4, -0.2) is 35.5 Å². The van der Waals surface area contributed by atoms with E-state index in [1.165, 1.54) is 0 Å². The Bertz CT molecular complexity index is 183. The van der Waals surface area contributed by atoms with Crippen molar-refractivity contribution in [2.45, 2.75) is 12.8 Å². The first-order valence-electron chi connectivity index (χ1n) is 3.72. The summed E-state index contributed by atoms with van der Waals surface area (Å²) in [4.78, 5) is 2.18.